The number of nitrogens with two attached hydrogens (primary N) is 1. The molecular weight excluding hydrogens is 318 g/mol. The lowest BCUT2D eigenvalue weighted by molar-refractivity contribution is 0.0911. The van der Waals surface area contributed by atoms with Gasteiger partial charge in [0.15, 0.2) is 5.76 Å². The third-order valence-corrected chi connectivity index (χ3v) is 4.50. The number of carbonyl (C=O) groups excluding carboxylic acids is 2. The van der Waals surface area contributed by atoms with Gasteiger partial charge in [0.1, 0.15) is 5.76 Å². The topological polar surface area (TPSA) is 88.6 Å². The van der Waals surface area contributed by atoms with Crippen molar-refractivity contribution in [2.24, 2.45) is 5.73 Å². The van der Waals surface area contributed by atoms with E-state index in [1.165, 1.54) is 10.5 Å². The second-order valence-corrected chi connectivity index (χ2v) is 6.69. The van der Waals surface area contributed by atoms with Crippen molar-refractivity contribution >= 4 is 11.9 Å². The van der Waals surface area contributed by atoms with E-state index in [9.17, 15) is 9.59 Å². The van der Waals surface area contributed by atoms with Crippen molar-refractivity contribution in [1.29, 1.82) is 0 Å². The zero-order valence-corrected chi connectivity index (χ0v) is 14.5. The molecule has 1 aliphatic rings. The van der Waals surface area contributed by atoms with Crippen molar-refractivity contribution in [2.45, 2.75) is 32.2 Å². The normalized spacial score (nSPS) is 17.1. The summed E-state index contributed by atoms with van der Waals surface area (Å²) in [6.45, 7) is 5.27. The molecule has 0 bridgehead atoms. The maximum atomic E-state index is 12.4. The monoisotopic (exact) mass is 341 g/mol. The molecule has 25 heavy (non-hydrogen) atoms. The number of benzene rings is 1. The first-order valence-corrected chi connectivity index (χ1v) is 8.49. The summed E-state index contributed by atoms with van der Waals surface area (Å²) >= 11 is 0. The van der Waals surface area contributed by atoms with Crippen LogP contribution in [0.5, 0.6) is 0 Å². The molecule has 1 aliphatic heterocycles. The Hall–Kier alpha value is -2.76. The van der Waals surface area contributed by atoms with Crippen LogP contribution in [0.15, 0.2) is 40.8 Å². The maximum absolute atomic E-state index is 12.4. The van der Waals surface area contributed by atoms with Crippen molar-refractivity contribution in [1.82, 2.24) is 10.2 Å². The Balaban J connectivity index is 1.68. The highest BCUT2D eigenvalue weighted by molar-refractivity contribution is 5.92. The van der Waals surface area contributed by atoms with E-state index in [4.69, 9.17) is 10.2 Å². The largest absolute Gasteiger partial charge is 0.451 e. The summed E-state index contributed by atoms with van der Waals surface area (Å²) < 4.78 is 5.73. The minimum atomic E-state index is -0.456. The number of primary amides is 1. The summed E-state index contributed by atoms with van der Waals surface area (Å²) in [5.74, 6) is 1.08. The van der Waals surface area contributed by atoms with Crippen LogP contribution in [0.25, 0.3) is 11.3 Å². The molecule has 3 rings (SSSR count). The van der Waals surface area contributed by atoms with Crippen LogP contribution in [0, 0.1) is 0 Å². The van der Waals surface area contributed by atoms with E-state index < -0.39 is 6.03 Å². The van der Waals surface area contributed by atoms with Gasteiger partial charge >= 0.3 is 6.03 Å². The van der Waals surface area contributed by atoms with E-state index in [-0.39, 0.29) is 17.7 Å². The third kappa shape index (κ3) is 3.84. The molecular formula is C19H23N3O3. The Morgan fingerprint density at radius 1 is 1.28 bits per heavy atom. The summed E-state index contributed by atoms with van der Waals surface area (Å²) in [5, 5.41) is 2.89. The van der Waals surface area contributed by atoms with E-state index in [0.717, 1.165) is 5.56 Å². The van der Waals surface area contributed by atoms with Crippen molar-refractivity contribution in [2.75, 3.05) is 13.1 Å². The van der Waals surface area contributed by atoms with Gasteiger partial charge in [-0.2, -0.15) is 0 Å². The molecule has 2 heterocycles. The van der Waals surface area contributed by atoms with Gasteiger partial charge in [0.25, 0.3) is 5.91 Å². The van der Waals surface area contributed by atoms with Crippen LogP contribution in [-0.4, -0.2) is 36.0 Å². The summed E-state index contributed by atoms with van der Waals surface area (Å²) in [7, 11) is 0. The number of rotatable bonds is 4. The number of likely N-dealkylation sites (tertiary alicyclic amines) is 1. The van der Waals surface area contributed by atoms with E-state index in [1.54, 1.807) is 12.1 Å². The number of carbonyl (C=O) groups is 2. The van der Waals surface area contributed by atoms with Gasteiger partial charge in [-0.25, -0.2) is 4.79 Å². The van der Waals surface area contributed by atoms with Crippen molar-refractivity contribution < 1.29 is 14.0 Å². The molecule has 3 amide bonds. The number of urea groups is 1. The number of hydrogen-bond acceptors (Lipinski definition) is 3. The fourth-order valence-corrected chi connectivity index (χ4v) is 3.00. The molecule has 0 saturated carbocycles. The minimum Gasteiger partial charge on any atom is -0.451 e. The van der Waals surface area contributed by atoms with Crippen LogP contribution in [-0.2, 0) is 0 Å². The van der Waals surface area contributed by atoms with Crippen molar-refractivity contribution in [3.05, 3.63) is 47.7 Å². The Bertz CT molecular complexity index is 782. The van der Waals surface area contributed by atoms with Crippen LogP contribution >= 0.6 is 0 Å². The molecule has 1 aromatic carbocycles. The molecule has 6 heteroatoms. The van der Waals surface area contributed by atoms with Crippen LogP contribution in [0.4, 0.5) is 4.79 Å². The fraction of sp³-hybridized carbons (Fsp3) is 0.368. The van der Waals surface area contributed by atoms with Gasteiger partial charge in [-0.05, 0) is 36.1 Å². The van der Waals surface area contributed by atoms with E-state index in [0.29, 0.717) is 31.2 Å². The van der Waals surface area contributed by atoms with Gasteiger partial charge < -0.3 is 20.4 Å². The number of nitrogens with zero attached hydrogens (tertiary/aromatic N) is 1. The summed E-state index contributed by atoms with van der Waals surface area (Å²) in [6, 6.07) is 11.0. The molecule has 1 aromatic heterocycles. The Morgan fingerprint density at radius 3 is 2.76 bits per heavy atom. The zero-order chi connectivity index (χ0) is 18.0. The highest BCUT2D eigenvalue weighted by Crippen LogP contribution is 2.26. The number of nitrogens with one attached hydrogen (secondary N) is 1. The molecule has 1 unspecified atom stereocenters. The lowest BCUT2D eigenvalue weighted by atomic mass is 10.0. The molecule has 2 aromatic rings. The van der Waals surface area contributed by atoms with Crippen molar-refractivity contribution in [3.63, 3.8) is 0 Å². The van der Waals surface area contributed by atoms with Crippen LogP contribution in [0.1, 0.15) is 42.3 Å². The Kier molecular flexibility index (Phi) is 4.79. The summed E-state index contributed by atoms with van der Waals surface area (Å²) in [6.07, 6.45) is 0.693. The number of furan rings is 1. The molecule has 0 aliphatic carbocycles. The molecule has 1 saturated heterocycles. The zero-order valence-electron chi connectivity index (χ0n) is 14.5. The van der Waals surface area contributed by atoms with E-state index >= 15 is 0 Å². The first kappa shape index (κ1) is 17.1. The van der Waals surface area contributed by atoms with Crippen molar-refractivity contribution in [3.8, 4) is 11.3 Å². The third-order valence-electron chi connectivity index (χ3n) is 4.50. The molecule has 6 nitrogen and oxygen atoms in total. The molecule has 1 fully saturated rings. The van der Waals surface area contributed by atoms with Gasteiger partial charge in [-0.3, -0.25) is 4.79 Å². The fourth-order valence-electron chi connectivity index (χ4n) is 3.00. The highest BCUT2D eigenvalue weighted by Gasteiger charge is 2.27. The first-order valence-electron chi connectivity index (χ1n) is 8.49. The minimum absolute atomic E-state index is 0.0992. The van der Waals surface area contributed by atoms with Crippen LogP contribution in [0.3, 0.4) is 0 Å². The second kappa shape index (κ2) is 7.01. The second-order valence-electron chi connectivity index (χ2n) is 6.69. The smallest absolute Gasteiger partial charge is 0.314 e. The molecule has 0 radical (unpaired) electrons. The molecule has 3 N–H and O–H groups in total. The molecule has 1 atom stereocenters. The number of amides is 3. The Labute approximate surface area is 147 Å². The summed E-state index contributed by atoms with van der Waals surface area (Å²) in [5.41, 5.74) is 7.43. The average molecular weight is 341 g/mol. The van der Waals surface area contributed by atoms with Gasteiger partial charge in [0, 0.05) is 24.7 Å². The molecule has 132 valence electrons. The van der Waals surface area contributed by atoms with E-state index in [1.807, 2.05) is 12.1 Å². The summed E-state index contributed by atoms with van der Waals surface area (Å²) in [4.78, 5) is 25.0. The lowest BCUT2D eigenvalue weighted by Crippen LogP contribution is -2.39. The number of hydrogen-bond donors (Lipinski definition) is 2. The van der Waals surface area contributed by atoms with Gasteiger partial charge in [-0.1, -0.05) is 32.0 Å². The standard InChI is InChI=1S/C19H23N3O3/c1-12(2)13-4-3-5-14(10-13)16-6-7-17(25-16)18(23)21-15-8-9-22(11-15)19(20)24/h3-7,10,12,15H,8-9,11H2,1-2H3,(H2,20,24)(H,21,23). The van der Waals surface area contributed by atoms with Crippen LogP contribution in [0.2, 0.25) is 0 Å². The van der Waals surface area contributed by atoms with Gasteiger partial charge in [0.2, 0.25) is 0 Å². The molecule has 0 spiro atoms. The van der Waals surface area contributed by atoms with Gasteiger partial charge in [-0.15, -0.1) is 0 Å². The van der Waals surface area contributed by atoms with E-state index in [2.05, 4.69) is 31.3 Å². The lowest BCUT2D eigenvalue weighted by Gasteiger charge is -2.13. The maximum Gasteiger partial charge on any atom is 0.314 e. The van der Waals surface area contributed by atoms with Crippen LogP contribution < -0.4 is 11.1 Å². The Morgan fingerprint density at radius 2 is 2.08 bits per heavy atom. The SMILES string of the molecule is CC(C)c1cccc(-c2ccc(C(=O)NC3CCN(C(N)=O)C3)o2)c1. The van der Waals surface area contributed by atoms with Gasteiger partial charge in [0.05, 0.1) is 0 Å². The average Bonchev–Trinajstić information content (AvgIpc) is 3.24. The predicted octanol–water partition coefficient (Wildman–Crippen LogP) is 2.95. The highest BCUT2D eigenvalue weighted by atomic mass is 16.3. The quantitative estimate of drug-likeness (QED) is 0.896. The first-order chi connectivity index (χ1) is 11.9. The predicted molar refractivity (Wildman–Crippen MR) is 95.3 cm³/mol.